The molecule has 7 rings (SSSR count). The minimum absolute atomic E-state index is 0. The first-order valence-electron chi connectivity index (χ1n) is 13.3. The fourth-order valence-corrected chi connectivity index (χ4v) is 6.53. The normalized spacial score (nSPS) is 12.7. The minimum atomic E-state index is -0.122. The van der Waals surface area contributed by atoms with Gasteiger partial charge >= 0.3 is 70.8 Å². The zero-order valence-electron chi connectivity index (χ0n) is 22.9. The van der Waals surface area contributed by atoms with Gasteiger partial charge in [0.1, 0.15) is 0 Å². The molecular weight excluding hydrogens is 635 g/mol. The number of allylic oxidation sites excluding steroid dienone is 8. The molecule has 5 aromatic rings. The molecule has 0 heterocycles. The van der Waals surface area contributed by atoms with Crippen LogP contribution in [0, 0.1) is 12.2 Å². The Bertz CT molecular complexity index is 1630. The van der Waals surface area contributed by atoms with Crippen LogP contribution in [0.4, 0.5) is 0 Å². The van der Waals surface area contributed by atoms with E-state index in [2.05, 4.69) is 158 Å². The summed E-state index contributed by atoms with van der Waals surface area (Å²) in [6.45, 7) is 2.35. The average molecular weight is 665 g/mol. The van der Waals surface area contributed by atoms with Crippen LogP contribution in [0.15, 0.2) is 140 Å². The largest absolute Gasteiger partial charge is 1.00 e. The van der Waals surface area contributed by atoms with Gasteiger partial charge in [0.25, 0.3) is 0 Å². The van der Waals surface area contributed by atoms with Gasteiger partial charge in [-0.25, -0.2) is 0 Å². The maximum atomic E-state index is 3.34. The average Bonchev–Trinajstić information content (AvgIpc) is 3.73. The van der Waals surface area contributed by atoms with Gasteiger partial charge in [0.05, 0.1) is 0 Å². The topological polar surface area (TPSA) is 0 Å². The second kappa shape index (κ2) is 16.6. The van der Waals surface area contributed by atoms with Crippen LogP contribution in [-0.2, 0) is 23.3 Å². The van der Waals surface area contributed by atoms with Gasteiger partial charge in [0, 0.05) is 0 Å². The third-order valence-electron chi connectivity index (χ3n) is 6.72. The van der Waals surface area contributed by atoms with Crippen LogP contribution in [-0.4, -0.2) is 5.43 Å². The van der Waals surface area contributed by atoms with Gasteiger partial charge in [0.15, 0.2) is 0 Å². The third kappa shape index (κ3) is 9.12. The van der Waals surface area contributed by atoms with Crippen LogP contribution < -0.4 is 30.0 Å². The van der Waals surface area contributed by atoms with E-state index in [1.54, 1.807) is 28.5 Å². The molecule has 0 bridgehead atoms. The number of hydrogen-bond acceptors (Lipinski definition) is 0. The third-order valence-corrected chi connectivity index (χ3v) is 10.0. The van der Waals surface area contributed by atoms with Crippen molar-refractivity contribution in [1.29, 1.82) is 0 Å². The molecule has 5 aromatic carbocycles. The molecule has 0 spiro atoms. The van der Waals surface area contributed by atoms with Gasteiger partial charge in [-0.2, -0.15) is 35.5 Å². The second-order valence-electron chi connectivity index (χ2n) is 9.51. The van der Waals surface area contributed by atoms with Gasteiger partial charge in [-0.1, -0.05) is 73.5 Å². The predicted octanol–water partition coefficient (Wildman–Crippen LogP) is 3.04. The summed E-state index contributed by atoms with van der Waals surface area (Å²) in [7, 11) is 0. The van der Waals surface area contributed by atoms with Gasteiger partial charge in [-0.05, 0) is 21.5 Å². The molecule has 0 saturated carbocycles. The van der Waals surface area contributed by atoms with Crippen LogP contribution in [0.5, 0.6) is 0 Å². The van der Waals surface area contributed by atoms with E-state index in [1.165, 1.54) is 43.8 Å². The first-order chi connectivity index (χ1) is 19.2. The fraction of sp³-hybridized carbons (Fsp3) is 0.0811. The van der Waals surface area contributed by atoms with E-state index < -0.39 is 0 Å². The van der Waals surface area contributed by atoms with Crippen molar-refractivity contribution in [2.24, 2.45) is 0 Å². The van der Waals surface area contributed by atoms with E-state index in [4.69, 9.17) is 0 Å². The van der Waals surface area contributed by atoms with E-state index in [0.29, 0.717) is 0 Å². The van der Waals surface area contributed by atoms with Crippen molar-refractivity contribution in [3.05, 3.63) is 163 Å². The molecule has 2 aliphatic rings. The monoisotopic (exact) mass is 662 g/mol. The molecule has 0 unspecified atom stereocenters. The summed E-state index contributed by atoms with van der Waals surface area (Å²) in [6.07, 6.45) is 17.2. The zero-order chi connectivity index (χ0) is 26.9. The van der Waals surface area contributed by atoms with Crippen LogP contribution in [0.2, 0.25) is 6.55 Å². The van der Waals surface area contributed by atoms with Gasteiger partial charge in [-0.15, -0.1) is 47.5 Å². The van der Waals surface area contributed by atoms with Gasteiger partial charge in [-0.3, -0.25) is 0 Å². The summed E-state index contributed by atoms with van der Waals surface area (Å²) in [5, 5.41) is 6.74. The van der Waals surface area contributed by atoms with E-state index in [1.807, 2.05) is 0 Å². The van der Waals surface area contributed by atoms with Crippen molar-refractivity contribution in [2.75, 3.05) is 0 Å². The number of benzene rings is 5. The molecule has 0 aromatic heterocycles. The number of hydrogen-bond donors (Lipinski definition) is 0. The SMILES string of the molecule is C[Si](=[Zr+2])c1ccccc1.[C-]1=C(c2ccc3ccccc3c2)C=CC1.[C-]1=C(c2ccc3ccccc3c2)C=CC1.[Cl-].[Cl-]. The van der Waals surface area contributed by atoms with E-state index >= 15 is 0 Å². The molecule has 0 fully saturated rings. The molecule has 0 atom stereocenters. The van der Waals surface area contributed by atoms with Crippen molar-refractivity contribution < 1.29 is 48.1 Å². The first-order valence-corrected chi connectivity index (χ1v) is 19.0. The van der Waals surface area contributed by atoms with E-state index in [9.17, 15) is 0 Å². The van der Waals surface area contributed by atoms with Crippen molar-refractivity contribution >= 4 is 43.3 Å². The van der Waals surface area contributed by atoms with Crippen molar-refractivity contribution in [1.82, 2.24) is 0 Å². The molecule has 0 nitrogen and oxygen atoms in total. The fourth-order valence-electron chi connectivity index (χ4n) is 4.61. The van der Waals surface area contributed by atoms with E-state index in [-0.39, 0.29) is 30.2 Å². The molecule has 0 radical (unpaired) electrons. The minimum Gasteiger partial charge on any atom is -1.00 e. The Hall–Kier alpha value is -2.74. The molecular formula is C37H30Cl2SiZr-2. The number of fused-ring (bicyclic) bond motifs is 2. The Balaban J connectivity index is 0.000000171. The van der Waals surface area contributed by atoms with Crippen molar-refractivity contribution in [3.63, 3.8) is 0 Å². The summed E-state index contributed by atoms with van der Waals surface area (Å²) in [5.41, 5.74) is 4.86. The summed E-state index contributed by atoms with van der Waals surface area (Å²) >= 11 is 1.69. The Morgan fingerprint density at radius 1 is 0.537 bits per heavy atom. The molecule has 2 aliphatic carbocycles. The smallest absolute Gasteiger partial charge is 0.0205 e. The van der Waals surface area contributed by atoms with Crippen molar-refractivity contribution in [2.45, 2.75) is 19.4 Å². The summed E-state index contributed by atoms with van der Waals surface area (Å²) in [6, 6.07) is 40.8. The number of halogens is 2. The maximum Gasteiger partial charge on any atom is -0.0205 e. The number of rotatable bonds is 3. The van der Waals surface area contributed by atoms with Crippen molar-refractivity contribution in [3.8, 4) is 0 Å². The summed E-state index contributed by atoms with van der Waals surface area (Å²) in [4.78, 5) is 0. The van der Waals surface area contributed by atoms with Crippen LogP contribution in [0.25, 0.3) is 32.7 Å². The Labute approximate surface area is 271 Å². The zero-order valence-corrected chi connectivity index (χ0v) is 27.9. The molecule has 41 heavy (non-hydrogen) atoms. The summed E-state index contributed by atoms with van der Waals surface area (Å²) in [5.74, 6) is 0. The maximum absolute atomic E-state index is 3.34. The second-order valence-corrected chi connectivity index (χ2v) is 16.9. The molecule has 4 heteroatoms. The molecule has 0 saturated heterocycles. The van der Waals surface area contributed by atoms with Crippen LogP contribution in [0.1, 0.15) is 24.0 Å². The standard InChI is InChI=1S/2C15H11.C7H8Si.2ClH.Zr/c2*1-2-6-12(5-1)15-10-9-13-7-3-4-8-14(13)11-15;1-8-7-5-3-2-4-6-7;;;/h2*1,3-5,7-11H,2H2;2-6H,1H3;2*1H;/q2*-1;;;;+2/p-2. The molecule has 202 valence electrons. The van der Waals surface area contributed by atoms with Crippen LogP contribution in [0.3, 0.4) is 0 Å². The Kier molecular flexibility index (Phi) is 13.3. The Morgan fingerprint density at radius 3 is 1.32 bits per heavy atom. The predicted molar refractivity (Wildman–Crippen MR) is 166 cm³/mol. The Morgan fingerprint density at radius 2 is 0.951 bits per heavy atom. The molecule has 0 N–H and O–H groups in total. The van der Waals surface area contributed by atoms with Gasteiger partial charge < -0.3 is 24.8 Å². The van der Waals surface area contributed by atoms with E-state index in [0.717, 1.165) is 12.8 Å². The van der Waals surface area contributed by atoms with Crippen LogP contribution >= 0.6 is 0 Å². The first kappa shape index (κ1) is 32.8. The quantitative estimate of drug-likeness (QED) is 0.206. The summed E-state index contributed by atoms with van der Waals surface area (Å²) < 4.78 is 0. The molecule has 0 aliphatic heterocycles. The molecule has 0 amide bonds. The van der Waals surface area contributed by atoms with Gasteiger partial charge in [0.2, 0.25) is 0 Å².